The van der Waals surface area contributed by atoms with Crippen molar-refractivity contribution in [2.45, 2.75) is 6.54 Å². The van der Waals surface area contributed by atoms with E-state index in [9.17, 15) is 9.59 Å². The number of hydrogen-bond acceptors (Lipinski definition) is 4. The highest BCUT2D eigenvalue weighted by Gasteiger charge is 2.22. The Morgan fingerprint density at radius 2 is 1.96 bits per heavy atom. The highest BCUT2D eigenvalue weighted by Crippen LogP contribution is 2.31. The lowest BCUT2D eigenvalue weighted by Gasteiger charge is -2.27. The van der Waals surface area contributed by atoms with Crippen LogP contribution in [0, 0.1) is 0 Å². The second-order valence-electron chi connectivity index (χ2n) is 5.66. The molecule has 5 nitrogen and oxygen atoms in total. The molecule has 1 saturated heterocycles. The van der Waals surface area contributed by atoms with Crippen molar-refractivity contribution >= 4 is 40.7 Å². The minimum Gasteiger partial charge on any atom is -0.302 e. The minimum atomic E-state index is -0.394. The summed E-state index contributed by atoms with van der Waals surface area (Å²) in [4.78, 5) is 26.9. The molecule has 0 bridgehead atoms. The number of hydrogen-bond donors (Lipinski definition) is 1. The number of aromatic nitrogens is 2. The van der Waals surface area contributed by atoms with Gasteiger partial charge in [-0.1, -0.05) is 23.2 Å². The number of rotatable bonds is 4. The number of ketones is 1. The molecule has 24 heavy (non-hydrogen) atoms. The normalized spacial score (nSPS) is 15.6. The summed E-state index contributed by atoms with van der Waals surface area (Å²) < 4.78 is 1.25. The first-order valence-electron chi connectivity index (χ1n) is 7.55. The number of thioether (sulfide) groups is 1. The van der Waals surface area contributed by atoms with Crippen molar-refractivity contribution in [3.05, 3.63) is 55.4 Å². The molecule has 1 fully saturated rings. The van der Waals surface area contributed by atoms with E-state index >= 15 is 0 Å². The molecule has 0 amide bonds. The van der Waals surface area contributed by atoms with Gasteiger partial charge >= 0.3 is 0 Å². The standard InChI is InChI=1S/C16H17Cl2N3O2S/c1-20-16(23)11(8-19-20)15(22)10-2-3-13(17)12(14(10)18)9-21-4-6-24-7-5-21/h2-3,8,19H,4-7,9H2,1H3. The number of aromatic amines is 1. The molecule has 128 valence electrons. The fraction of sp³-hybridized carbons (Fsp3) is 0.375. The van der Waals surface area contributed by atoms with Crippen LogP contribution in [0.1, 0.15) is 21.5 Å². The van der Waals surface area contributed by atoms with Crippen molar-refractivity contribution in [2.75, 3.05) is 24.6 Å². The third kappa shape index (κ3) is 3.42. The van der Waals surface area contributed by atoms with Gasteiger partial charge in [0, 0.05) is 60.5 Å². The number of H-pyrrole nitrogens is 1. The number of benzene rings is 1. The number of nitrogens with zero attached hydrogens (tertiary/aromatic N) is 2. The van der Waals surface area contributed by atoms with E-state index in [4.69, 9.17) is 23.2 Å². The van der Waals surface area contributed by atoms with Crippen LogP contribution in [0.3, 0.4) is 0 Å². The summed E-state index contributed by atoms with van der Waals surface area (Å²) in [6.45, 7) is 2.53. The number of carbonyl (C=O) groups excluding carboxylic acids is 1. The maximum atomic E-state index is 12.7. The van der Waals surface area contributed by atoms with Crippen LogP contribution in [0.2, 0.25) is 10.0 Å². The van der Waals surface area contributed by atoms with Crippen molar-refractivity contribution < 1.29 is 4.79 Å². The topological polar surface area (TPSA) is 58.1 Å². The molecule has 0 spiro atoms. The molecule has 1 aromatic carbocycles. The lowest BCUT2D eigenvalue weighted by atomic mass is 10.0. The molecule has 0 unspecified atom stereocenters. The van der Waals surface area contributed by atoms with Crippen LogP contribution in [0.25, 0.3) is 0 Å². The van der Waals surface area contributed by atoms with E-state index in [0.29, 0.717) is 22.2 Å². The molecular formula is C16H17Cl2N3O2S. The Balaban J connectivity index is 1.94. The summed E-state index contributed by atoms with van der Waals surface area (Å²) in [5.74, 6) is 1.76. The highest BCUT2D eigenvalue weighted by molar-refractivity contribution is 7.99. The van der Waals surface area contributed by atoms with Crippen LogP contribution in [-0.2, 0) is 13.6 Å². The smallest absolute Gasteiger partial charge is 0.277 e. The Hall–Kier alpha value is -1.21. The molecule has 0 atom stereocenters. The molecule has 1 N–H and O–H groups in total. The highest BCUT2D eigenvalue weighted by atomic mass is 35.5. The fourth-order valence-corrected chi connectivity index (χ4v) is 4.23. The van der Waals surface area contributed by atoms with Crippen molar-refractivity contribution in [3.8, 4) is 0 Å². The minimum absolute atomic E-state index is 0.0713. The van der Waals surface area contributed by atoms with Crippen molar-refractivity contribution in [1.29, 1.82) is 0 Å². The first-order valence-corrected chi connectivity index (χ1v) is 9.46. The number of aryl methyl sites for hydroxylation is 1. The van der Waals surface area contributed by atoms with Gasteiger partial charge in [-0.25, -0.2) is 0 Å². The maximum absolute atomic E-state index is 12.7. The molecule has 0 aliphatic carbocycles. The average molecular weight is 386 g/mol. The van der Waals surface area contributed by atoms with Crippen LogP contribution < -0.4 is 5.56 Å². The van der Waals surface area contributed by atoms with Crippen LogP contribution in [0.15, 0.2) is 23.1 Å². The molecule has 0 saturated carbocycles. The Morgan fingerprint density at radius 3 is 2.58 bits per heavy atom. The molecule has 0 radical (unpaired) electrons. The number of nitrogens with one attached hydrogen (secondary N) is 1. The average Bonchev–Trinajstić information content (AvgIpc) is 2.91. The van der Waals surface area contributed by atoms with Gasteiger partial charge < -0.3 is 5.10 Å². The summed E-state index contributed by atoms with van der Waals surface area (Å²) in [6, 6.07) is 3.25. The molecular weight excluding hydrogens is 369 g/mol. The zero-order valence-corrected chi connectivity index (χ0v) is 15.5. The van der Waals surface area contributed by atoms with Gasteiger partial charge in [-0.05, 0) is 12.1 Å². The molecule has 1 aromatic heterocycles. The van der Waals surface area contributed by atoms with Gasteiger partial charge in [0.2, 0.25) is 5.78 Å². The lowest BCUT2D eigenvalue weighted by Crippen LogP contribution is -2.32. The number of carbonyl (C=O) groups is 1. The number of halogens is 2. The largest absolute Gasteiger partial charge is 0.302 e. The molecule has 8 heteroatoms. The zero-order valence-electron chi connectivity index (χ0n) is 13.1. The first kappa shape index (κ1) is 17.6. The second kappa shape index (κ2) is 7.35. The van der Waals surface area contributed by atoms with Gasteiger partial charge in [-0.3, -0.25) is 19.2 Å². The summed E-state index contributed by atoms with van der Waals surface area (Å²) in [7, 11) is 1.56. The van der Waals surface area contributed by atoms with Crippen LogP contribution >= 0.6 is 35.0 Å². The van der Waals surface area contributed by atoms with Crippen LogP contribution in [0.5, 0.6) is 0 Å². The second-order valence-corrected chi connectivity index (χ2v) is 7.67. The third-order valence-electron chi connectivity index (χ3n) is 4.10. The maximum Gasteiger partial charge on any atom is 0.277 e. The Kier molecular flexibility index (Phi) is 5.39. The van der Waals surface area contributed by atoms with E-state index < -0.39 is 5.78 Å². The molecule has 3 rings (SSSR count). The van der Waals surface area contributed by atoms with Gasteiger partial charge in [0.05, 0.1) is 5.02 Å². The van der Waals surface area contributed by atoms with E-state index in [1.807, 2.05) is 11.8 Å². The predicted octanol–water partition coefficient (Wildman–Crippen LogP) is 2.80. The van der Waals surface area contributed by atoms with E-state index in [1.165, 1.54) is 10.9 Å². The summed E-state index contributed by atoms with van der Waals surface area (Å²) in [5, 5.41) is 3.57. The molecule has 2 aromatic rings. The molecule has 1 aliphatic heterocycles. The Morgan fingerprint density at radius 1 is 1.25 bits per heavy atom. The lowest BCUT2D eigenvalue weighted by molar-refractivity contribution is 0.103. The third-order valence-corrected chi connectivity index (χ3v) is 5.83. The monoisotopic (exact) mass is 385 g/mol. The van der Waals surface area contributed by atoms with Crippen molar-refractivity contribution in [1.82, 2.24) is 14.7 Å². The Labute approximate surface area is 153 Å². The van der Waals surface area contributed by atoms with E-state index in [1.54, 1.807) is 19.2 Å². The van der Waals surface area contributed by atoms with Gasteiger partial charge in [0.15, 0.2) is 0 Å². The van der Waals surface area contributed by atoms with Crippen LogP contribution in [-0.4, -0.2) is 45.1 Å². The van der Waals surface area contributed by atoms with Gasteiger partial charge in [0.25, 0.3) is 5.56 Å². The zero-order chi connectivity index (χ0) is 17.3. The van der Waals surface area contributed by atoms with E-state index in [-0.39, 0.29) is 11.1 Å². The predicted molar refractivity (Wildman–Crippen MR) is 98.5 cm³/mol. The van der Waals surface area contributed by atoms with Crippen molar-refractivity contribution in [2.24, 2.45) is 7.05 Å². The van der Waals surface area contributed by atoms with Gasteiger partial charge in [0.1, 0.15) is 5.56 Å². The van der Waals surface area contributed by atoms with E-state index in [0.717, 1.165) is 30.2 Å². The first-order chi connectivity index (χ1) is 11.5. The van der Waals surface area contributed by atoms with Gasteiger partial charge in [-0.15, -0.1) is 0 Å². The summed E-state index contributed by atoms with van der Waals surface area (Å²) in [6.07, 6.45) is 1.40. The van der Waals surface area contributed by atoms with Crippen LogP contribution in [0.4, 0.5) is 0 Å². The molecule has 1 aliphatic rings. The summed E-state index contributed by atoms with van der Waals surface area (Å²) >= 11 is 14.7. The quantitative estimate of drug-likeness (QED) is 0.822. The summed E-state index contributed by atoms with van der Waals surface area (Å²) in [5.41, 5.74) is 0.741. The SMILES string of the molecule is Cn1[nH]cc(C(=O)c2ccc(Cl)c(CN3CCSCC3)c2Cl)c1=O. The molecule has 2 heterocycles. The van der Waals surface area contributed by atoms with E-state index in [2.05, 4.69) is 10.00 Å². The fourth-order valence-electron chi connectivity index (χ4n) is 2.67. The van der Waals surface area contributed by atoms with Gasteiger partial charge in [-0.2, -0.15) is 11.8 Å². The Bertz CT molecular complexity index is 825. The van der Waals surface area contributed by atoms with Crippen molar-refractivity contribution in [3.63, 3.8) is 0 Å².